The molecule has 1 aromatic carbocycles. The first-order valence-corrected chi connectivity index (χ1v) is 6.94. The molecule has 1 rings (SSSR count). The summed E-state index contributed by atoms with van der Waals surface area (Å²) in [7, 11) is 2.82. The molecule has 0 aliphatic heterocycles. The van der Waals surface area contributed by atoms with Gasteiger partial charge >= 0.3 is 6.18 Å². The zero-order valence-corrected chi connectivity index (χ0v) is 12.9. The average Bonchev–Trinajstić information content (AvgIpc) is 2.50. The molecule has 0 saturated carbocycles. The minimum atomic E-state index is -4.63. The van der Waals surface area contributed by atoms with Crippen molar-refractivity contribution in [2.75, 3.05) is 33.9 Å². The normalized spacial score (nSPS) is 11.2. The maximum atomic E-state index is 12.9. The van der Waals surface area contributed by atoms with Crippen LogP contribution in [0, 0.1) is 0 Å². The topological polar surface area (TPSA) is 58.6 Å². The van der Waals surface area contributed by atoms with Gasteiger partial charge < -0.3 is 15.0 Å². The fourth-order valence-corrected chi connectivity index (χ4v) is 1.91. The molecule has 0 aliphatic rings. The third kappa shape index (κ3) is 5.90. The molecular formula is C15H19F3N2O3. The molecule has 0 unspecified atom stereocenters. The van der Waals surface area contributed by atoms with E-state index in [1.54, 1.807) is 0 Å². The lowest BCUT2D eigenvalue weighted by Gasteiger charge is -2.19. The third-order valence-electron chi connectivity index (χ3n) is 3.04. The predicted molar refractivity (Wildman–Crippen MR) is 77.9 cm³/mol. The number of carbonyl (C=O) groups is 2. The minimum Gasteiger partial charge on any atom is -0.385 e. The number of amides is 2. The van der Waals surface area contributed by atoms with Crippen LogP contribution in [0.1, 0.15) is 22.3 Å². The summed E-state index contributed by atoms with van der Waals surface area (Å²) in [6, 6.07) is 4.49. The van der Waals surface area contributed by atoms with Crippen LogP contribution >= 0.6 is 0 Å². The Morgan fingerprint density at radius 2 is 1.91 bits per heavy atom. The smallest absolute Gasteiger partial charge is 0.385 e. The van der Waals surface area contributed by atoms with Crippen molar-refractivity contribution in [2.45, 2.75) is 12.6 Å². The van der Waals surface area contributed by atoms with Gasteiger partial charge in [0.15, 0.2) is 0 Å². The molecule has 0 fully saturated rings. The van der Waals surface area contributed by atoms with Crippen LogP contribution in [-0.2, 0) is 15.7 Å². The number of rotatable bonds is 7. The van der Waals surface area contributed by atoms with E-state index in [0.29, 0.717) is 19.6 Å². The van der Waals surface area contributed by atoms with Crippen LogP contribution in [-0.4, -0.2) is 50.6 Å². The van der Waals surface area contributed by atoms with E-state index in [9.17, 15) is 22.8 Å². The van der Waals surface area contributed by atoms with Crippen LogP contribution in [0.2, 0.25) is 0 Å². The maximum absolute atomic E-state index is 12.9. The minimum absolute atomic E-state index is 0.321. The van der Waals surface area contributed by atoms with Gasteiger partial charge in [-0.1, -0.05) is 12.1 Å². The molecule has 0 aromatic heterocycles. The summed E-state index contributed by atoms with van der Waals surface area (Å²) in [6.45, 7) is 0.528. The zero-order chi connectivity index (χ0) is 17.5. The lowest BCUT2D eigenvalue weighted by atomic mass is 10.1. The molecule has 1 aromatic rings. The lowest BCUT2D eigenvalue weighted by Crippen LogP contribution is -2.39. The predicted octanol–water partition coefficient (Wildman–Crippen LogP) is 1.93. The third-order valence-corrected chi connectivity index (χ3v) is 3.04. The van der Waals surface area contributed by atoms with Crippen LogP contribution in [0.25, 0.3) is 0 Å². The van der Waals surface area contributed by atoms with Crippen molar-refractivity contribution in [1.29, 1.82) is 0 Å². The number of methoxy groups -OCH3 is 1. The number of nitrogens with one attached hydrogen (secondary N) is 1. The summed E-state index contributed by atoms with van der Waals surface area (Å²) in [6.07, 6.45) is -4.02. The van der Waals surface area contributed by atoms with Crippen molar-refractivity contribution in [3.63, 3.8) is 0 Å². The van der Waals surface area contributed by atoms with Gasteiger partial charge in [0.25, 0.3) is 5.91 Å². The van der Waals surface area contributed by atoms with Gasteiger partial charge in [0.1, 0.15) is 0 Å². The lowest BCUT2D eigenvalue weighted by molar-refractivity contribution is -0.138. The van der Waals surface area contributed by atoms with Gasteiger partial charge in [-0.15, -0.1) is 0 Å². The summed E-state index contributed by atoms with van der Waals surface area (Å²) >= 11 is 0. The van der Waals surface area contributed by atoms with Gasteiger partial charge in [-0.2, -0.15) is 13.2 Å². The fourth-order valence-electron chi connectivity index (χ4n) is 1.91. The Hall–Kier alpha value is -2.09. The average molecular weight is 332 g/mol. The van der Waals surface area contributed by atoms with Crippen LogP contribution in [0.3, 0.4) is 0 Å². The first-order valence-electron chi connectivity index (χ1n) is 6.94. The van der Waals surface area contributed by atoms with Crippen molar-refractivity contribution in [2.24, 2.45) is 0 Å². The molecule has 0 spiro atoms. The summed E-state index contributed by atoms with van der Waals surface area (Å²) in [5, 5.41) is 2.56. The Labute approximate surface area is 132 Å². The van der Waals surface area contributed by atoms with Crippen molar-refractivity contribution >= 4 is 11.8 Å². The molecule has 0 radical (unpaired) electrons. The molecule has 0 heterocycles. The van der Waals surface area contributed by atoms with Crippen LogP contribution in [0.15, 0.2) is 24.3 Å². The van der Waals surface area contributed by atoms with Crippen LogP contribution in [0.4, 0.5) is 13.2 Å². The first-order chi connectivity index (χ1) is 10.8. The highest BCUT2D eigenvalue weighted by Crippen LogP contribution is 2.32. The zero-order valence-electron chi connectivity index (χ0n) is 12.9. The fraction of sp³-hybridized carbons (Fsp3) is 0.467. The van der Waals surface area contributed by atoms with Gasteiger partial charge in [0, 0.05) is 27.3 Å². The molecule has 1 N–H and O–H groups in total. The Kier molecular flexibility index (Phi) is 7.02. The summed E-state index contributed by atoms with van der Waals surface area (Å²) < 4.78 is 43.6. The van der Waals surface area contributed by atoms with Gasteiger partial charge in [-0.25, -0.2) is 0 Å². The second kappa shape index (κ2) is 8.52. The summed E-state index contributed by atoms with van der Waals surface area (Å²) in [4.78, 5) is 24.8. The highest BCUT2D eigenvalue weighted by Gasteiger charge is 2.35. The monoisotopic (exact) mass is 332 g/mol. The molecule has 5 nitrogen and oxygen atoms in total. The van der Waals surface area contributed by atoms with Gasteiger partial charge in [0.2, 0.25) is 5.91 Å². The van der Waals surface area contributed by atoms with Crippen molar-refractivity contribution in [3.8, 4) is 0 Å². The largest absolute Gasteiger partial charge is 0.417 e. The number of ether oxygens (including phenoxy) is 1. The van der Waals surface area contributed by atoms with E-state index >= 15 is 0 Å². The number of alkyl halides is 3. The Balaban J connectivity index is 2.69. The maximum Gasteiger partial charge on any atom is 0.417 e. The number of carbonyl (C=O) groups excluding carboxylic acids is 2. The quantitative estimate of drug-likeness (QED) is 0.776. The SMILES string of the molecule is COCCCNC(=O)CN(C)C(=O)c1ccccc1C(F)(F)F. The molecule has 0 bridgehead atoms. The van der Waals surface area contributed by atoms with E-state index in [1.807, 2.05) is 0 Å². The number of halogens is 3. The standard InChI is InChI=1S/C15H19F3N2O3/c1-20(10-13(21)19-8-5-9-23-2)14(22)11-6-3-4-7-12(11)15(16,17)18/h3-4,6-7H,5,8-10H2,1-2H3,(H,19,21). The molecule has 0 saturated heterocycles. The van der Waals surface area contributed by atoms with Gasteiger partial charge in [-0.3, -0.25) is 9.59 Å². The summed E-state index contributed by atoms with van der Waals surface area (Å²) in [5.74, 6) is -1.30. The van der Waals surface area contributed by atoms with Crippen molar-refractivity contribution < 1.29 is 27.5 Å². The number of benzene rings is 1. The first kappa shape index (κ1) is 19.0. The number of hydrogen-bond acceptors (Lipinski definition) is 3. The Morgan fingerprint density at radius 1 is 1.26 bits per heavy atom. The number of hydrogen-bond donors (Lipinski definition) is 1. The highest BCUT2D eigenvalue weighted by atomic mass is 19.4. The van der Waals surface area contributed by atoms with Crippen LogP contribution < -0.4 is 5.32 Å². The van der Waals surface area contributed by atoms with Crippen LogP contribution in [0.5, 0.6) is 0 Å². The van der Waals surface area contributed by atoms with E-state index in [-0.39, 0.29) is 6.54 Å². The Bertz CT molecular complexity index is 547. The summed E-state index contributed by atoms with van der Waals surface area (Å²) in [5.41, 5.74) is -1.49. The van der Waals surface area contributed by atoms with Crippen molar-refractivity contribution in [1.82, 2.24) is 10.2 Å². The van der Waals surface area contributed by atoms with E-state index in [0.717, 1.165) is 17.0 Å². The highest BCUT2D eigenvalue weighted by molar-refractivity contribution is 5.97. The molecule has 0 atom stereocenters. The van der Waals surface area contributed by atoms with Gasteiger partial charge in [0.05, 0.1) is 17.7 Å². The molecular weight excluding hydrogens is 313 g/mol. The second-order valence-corrected chi connectivity index (χ2v) is 4.90. The molecule has 128 valence electrons. The Morgan fingerprint density at radius 3 is 2.52 bits per heavy atom. The number of nitrogens with zero attached hydrogens (tertiary/aromatic N) is 1. The molecule has 0 aliphatic carbocycles. The second-order valence-electron chi connectivity index (χ2n) is 4.90. The van der Waals surface area contributed by atoms with E-state index < -0.39 is 29.1 Å². The molecule has 8 heteroatoms. The van der Waals surface area contributed by atoms with Gasteiger partial charge in [-0.05, 0) is 18.6 Å². The van der Waals surface area contributed by atoms with Crippen molar-refractivity contribution in [3.05, 3.63) is 35.4 Å². The molecule has 23 heavy (non-hydrogen) atoms. The number of likely N-dealkylation sites (N-methyl/N-ethyl adjacent to an activating group) is 1. The van der Waals surface area contributed by atoms with E-state index in [1.165, 1.54) is 26.3 Å². The van der Waals surface area contributed by atoms with E-state index in [2.05, 4.69) is 5.32 Å². The molecule has 2 amide bonds. The van der Waals surface area contributed by atoms with E-state index in [4.69, 9.17) is 4.74 Å².